The van der Waals surface area contributed by atoms with Gasteiger partial charge in [0.2, 0.25) is 0 Å². The second-order valence-electron chi connectivity index (χ2n) is 6.08. The van der Waals surface area contributed by atoms with Gasteiger partial charge in [-0.3, -0.25) is 14.3 Å². The van der Waals surface area contributed by atoms with E-state index >= 15 is 4.39 Å². The molecule has 5 unspecified atom stereocenters. The zero-order chi connectivity index (χ0) is 17.4. The molecule has 7 nitrogen and oxygen atoms in total. The van der Waals surface area contributed by atoms with E-state index in [1.54, 1.807) is 0 Å². The van der Waals surface area contributed by atoms with Crippen LogP contribution in [0.25, 0.3) is 0 Å². The molecule has 0 amide bonds. The molecule has 2 saturated heterocycles. The normalized spacial score (nSPS) is 32.1. The van der Waals surface area contributed by atoms with E-state index in [-0.39, 0.29) is 13.2 Å². The maximum absolute atomic E-state index is 15.1. The monoisotopic (exact) mass is 348 g/mol. The molecular weight excluding hydrogens is 331 g/mol. The Bertz CT molecular complexity index is 852. The van der Waals surface area contributed by atoms with Crippen LogP contribution in [-0.4, -0.2) is 41.1 Å². The van der Waals surface area contributed by atoms with Crippen LogP contribution in [0.5, 0.6) is 0 Å². The van der Waals surface area contributed by atoms with E-state index in [9.17, 15) is 9.59 Å². The van der Waals surface area contributed by atoms with Crippen molar-refractivity contribution in [3.8, 4) is 0 Å². The lowest BCUT2D eigenvalue weighted by Crippen LogP contribution is -2.56. The molecule has 0 radical (unpaired) electrons. The van der Waals surface area contributed by atoms with Crippen LogP contribution in [0, 0.1) is 0 Å². The number of halogens is 1. The number of ether oxygens (including phenoxy) is 3. The minimum atomic E-state index is -1.47. The Kier molecular flexibility index (Phi) is 4.24. The number of rotatable bonds is 2. The maximum atomic E-state index is 15.1. The van der Waals surface area contributed by atoms with Gasteiger partial charge in [0.1, 0.15) is 12.2 Å². The van der Waals surface area contributed by atoms with Crippen LogP contribution in [0.15, 0.2) is 52.2 Å². The number of benzene rings is 1. The number of hydrogen-bond donors (Lipinski definition) is 1. The zero-order valence-electron chi connectivity index (χ0n) is 13.2. The molecule has 2 aliphatic rings. The first-order chi connectivity index (χ1) is 12.1. The van der Waals surface area contributed by atoms with Crippen molar-refractivity contribution >= 4 is 0 Å². The van der Waals surface area contributed by atoms with E-state index in [1.165, 1.54) is 12.3 Å². The SMILES string of the molecule is O=c1ccn(C2COC3COC(c4ccccc4)OC3C2F)c(=O)[nH]1. The summed E-state index contributed by atoms with van der Waals surface area (Å²) < 4.78 is 33.3. The summed E-state index contributed by atoms with van der Waals surface area (Å²) in [6, 6.07) is 9.55. The largest absolute Gasteiger partial charge is 0.371 e. The summed E-state index contributed by atoms with van der Waals surface area (Å²) in [7, 11) is 0. The molecule has 0 aliphatic carbocycles. The van der Waals surface area contributed by atoms with Gasteiger partial charge in [-0.25, -0.2) is 9.18 Å². The second-order valence-corrected chi connectivity index (χ2v) is 6.08. The predicted octanol–water partition coefficient (Wildman–Crippen LogP) is 0.929. The van der Waals surface area contributed by atoms with E-state index in [4.69, 9.17) is 14.2 Å². The Labute approximate surface area is 142 Å². The second kappa shape index (κ2) is 6.55. The Hall–Kier alpha value is -2.29. The van der Waals surface area contributed by atoms with Gasteiger partial charge in [0.25, 0.3) is 5.56 Å². The molecule has 0 bridgehead atoms. The highest BCUT2D eigenvalue weighted by molar-refractivity contribution is 5.16. The highest BCUT2D eigenvalue weighted by Crippen LogP contribution is 2.36. The van der Waals surface area contributed by atoms with E-state index in [0.29, 0.717) is 0 Å². The molecule has 1 aromatic heterocycles. The number of nitrogens with one attached hydrogen (secondary N) is 1. The molecule has 0 saturated carbocycles. The summed E-state index contributed by atoms with van der Waals surface area (Å²) in [4.78, 5) is 25.3. The first-order valence-electron chi connectivity index (χ1n) is 8.02. The van der Waals surface area contributed by atoms with Crippen molar-refractivity contribution in [2.24, 2.45) is 0 Å². The van der Waals surface area contributed by atoms with Gasteiger partial charge in [-0.05, 0) is 0 Å². The maximum Gasteiger partial charge on any atom is 0.328 e. The average Bonchev–Trinajstić information content (AvgIpc) is 2.63. The lowest BCUT2D eigenvalue weighted by atomic mass is 9.98. The van der Waals surface area contributed by atoms with Crippen molar-refractivity contribution < 1.29 is 18.6 Å². The standard InChI is InChI=1S/C17H17FN2O5/c18-14-11(20-7-6-13(21)19-17(20)22)8-23-12-9-24-16(25-15(12)14)10-4-2-1-3-5-10/h1-7,11-12,14-16H,8-9H2,(H,19,21,22). The van der Waals surface area contributed by atoms with Crippen LogP contribution in [0.3, 0.4) is 0 Å². The fourth-order valence-corrected chi connectivity index (χ4v) is 3.21. The van der Waals surface area contributed by atoms with Crippen molar-refractivity contribution in [3.63, 3.8) is 0 Å². The fraction of sp³-hybridized carbons (Fsp3) is 0.412. The Morgan fingerprint density at radius 3 is 2.64 bits per heavy atom. The van der Waals surface area contributed by atoms with Crippen molar-refractivity contribution in [1.82, 2.24) is 9.55 Å². The number of aromatic nitrogens is 2. The quantitative estimate of drug-likeness (QED) is 0.873. The van der Waals surface area contributed by atoms with Crippen molar-refractivity contribution in [2.75, 3.05) is 13.2 Å². The molecule has 2 aliphatic heterocycles. The van der Waals surface area contributed by atoms with Crippen molar-refractivity contribution in [3.05, 3.63) is 69.0 Å². The third-order valence-electron chi connectivity index (χ3n) is 4.50. The molecule has 5 atom stereocenters. The minimum Gasteiger partial charge on any atom is -0.371 e. The molecule has 2 fully saturated rings. The van der Waals surface area contributed by atoms with Crippen LogP contribution in [0.2, 0.25) is 0 Å². The third-order valence-corrected chi connectivity index (χ3v) is 4.50. The molecule has 4 rings (SSSR count). The van der Waals surface area contributed by atoms with Gasteiger partial charge >= 0.3 is 5.69 Å². The lowest BCUT2D eigenvalue weighted by Gasteiger charge is -2.44. The smallest absolute Gasteiger partial charge is 0.328 e. The molecule has 3 heterocycles. The molecule has 0 spiro atoms. The molecule has 1 aromatic carbocycles. The van der Waals surface area contributed by atoms with Gasteiger partial charge in [-0.2, -0.15) is 0 Å². The van der Waals surface area contributed by atoms with E-state index in [2.05, 4.69) is 4.98 Å². The molecule has 132 valence electrons. The first kappa shape index (κ1) is 16.2. The number of H-pyrrole nitrogens is 1. The van der Waals surface area contributed by atoms with Gasteiger partial charge in [-0.1, -0.05) is 30.3 Å². The zero-order valence-corrected chi connectivity index (χ0v) is 13.2. The number of nitrogens with zero attached hydrogens (tertiary/aromatic N) is 1. The highest BCUT2D eigenvalue weighted by Gasteiger charge is 2.47. The van der Waals surface area contributed by atoms with Gasteiger partial charge in [-0.15, -0.1) is 0 Å². The predicted molar refractivity (Wildman–Crippen MR) is 85.0 cm³/mol. The number of fused-ring (bicyclic) bond motifs is 1. The summed E-state index contributed by atoms with van der Waals surface area (Å²) >= 11 is 0. The van der Waals surface area contributed by atoms with Gasteiger partial charge in [0, 0.05) is 17.8 Å². The molecule has 8 heteroatoms. The van der Waals surface area contributed by atoms with E-state index in [1.807, 2.05) is 30.3 Å². The van der Waals surface area contributed by atoms with E-state index in [0.717, 1.165) is 10.1 Å². The fourth-order valence-electron chi connectivity index (χ4n) is 3.21. The number of aromatic amines is 1. The van der Waals surface area contributed by atoms with E-state index < -0.39 is 42.0 Å². The average molecular weight is 348 g/mol. The first-order valence-corrected chi connectivity index (χ1v) is 8.02. The Morgan fingerprint density at radius 2 is 1.88 bits per heavy atom. The van der Waals surface area contributed by atoms with Gasteiger partial charge in [0.05, 0.1) is 19.3 Å². The molecule has 1 N–H and O–H groups in total. The Morgan fingerprint density at radius 1 is 1.08 bits per heavy atom. The third kappa shape index (κ3) is 3.04. The van der Waals surface area contributed by atoms with Crippen molar-refractivity contribution in [1.29, 1.82) is 0 Å². The van der Waals surface area contributed by atoms with Crippen LogP contribution in [0.4, 0.5) is 4.39 Å². The van der Waals surface area contributed by atoms with Crippen molar-refractivity contribution in [2.45, 2.75) is 30.7 Å². The topological polar surface area (TPSA) is 82.5 Å². The Balaban J connectivity index is 1.58. The summed E-state index contributed by atoms with van der Waals surface area (Å²) in [6.07, 6.45) is -2.29. The van der Waals surface area contributed by atoms with Crippen LogP contribution in [-0.2, 0) is 14.2 Å². The highest BCUT2D eigenvalue weighted by atomic mass is 19.1. The minimum absolute atomic E-state index is 0.00297. The number of alkyl halides is 1. The van der Waals surface area contributed by atoms with Gasteiger partial charge in [0.15, 0.2) is 12.5 Å². The summed E-state index contributed by atoms with van der Waals surface area (Å²) in [5.41, 5.74) is -0.414. The van der Waals surface area contributed by atoms with Crippen LogP contribution < -0.4 is 11.2 Å². The summed E-state index contributed by atoms with van der Waals surface area (Å²) in [5.74, 6) is 0. The molecule has 2 aromatic rings. The number of hydrogen-bond acceptors (Lipinski definition) is 5. The van der Waals surface area contributed by atoms with Crippen LogP contribution in [0.1, 0.15) is 17.9 Å². The summed E-state index contributed by atoms with van der Waals surface area (Å²) in [6.45, 7) is 0.203. The summed E-state index contributed by atoms with van der Waals surface area (Å²) in [5, 5.41) is 0. The molecule has 25 heavy (non-hydrogen) atoms. The molecular formula is C17H17FN2O5. The van der Waals surface area contributed by atoms with Gasteiger partial charge < -0.3 is 14.2 Å². The van der Waals surface area contributed by atoms with Crippen LogP contribution >= 0.6 is 0 Å². The lowest BCUT2D eigenvalue weighted by molar-refractivity contribution is -0.298.